The summed E-state index contributed by atoms with van der Waals surface area (Å²) in [6.45, 7) is 0. The number of rotatable bonds is 8. The van der Waals surface area contributed by atoms with Gasteiger partial charge in [-0.25, -0.2) is 4.98 Å². The quantitative estimate of drug-likeness (QED) is 0.354. The Kier molecular flexibility index (Phi) is 6.51. The van der Waals surface area contributed by atoms with Gasteiger partial charge in [0.15, 0.2) is 28.5 Å². The second-order valence-corrected chi connectivity index (χ2v) is 8.41. The third-order valence-corrected chi connectivity index (χ3v) is 6.25. The lowest BCUT2D eigenvalue weighted by molar-refractivity contribution is 0.324. The summed E-state index contributed by atoms with van der Waals surface area (Å²) in [6, 6.07) is 7.80. The number of nitrogens with one attached hydrogen (secondary N) is 2. The van der Waals surface area contributed by atoms with Gasteiger partial charge in [-0.15, -0.1) is 0 Å². The lowest BCUT2D eigenvalue weighted by Gasteiger charge is -2.23. The molecule has 0 aliphatic heterocycles. The van der Waals surface area contributed by atoms with Crippen molar-refractivity contribution in [3.8, 4) is 17.2 Å². The Hall–Kier alpha value is -4.08. The molecule has 182 valence electrons. The second kappa shape index (κ2) is 10.0. The first kappa shape index (κ1) is 22.7. The van der Waals surface area contributed by atoms with Gasteiger partial charge in [0.05, 0.1) is 27.7 Å². The van der Waals surface area contributed by atoms with Crippen LogP contribution < -0.4 is 24.8 Å². The van der Waals surface area contributed by atoms with Gasteiger partial charge in [-0.2, -0.15) is 9.97 Å². The van der Waals surface area contributed by atoms with Crippen LogP contribution in [0.1, 0.15) is 38.1 Å². The molecule has 1 aliphatic rings. The lowest BCUT2D eigenvalue weighted by Crippen LogP contribution is -2.13. The van der Waals surface area contributed by atoms with Crippen LogP contribution in [0.2, 0.25) is 0 Å². The van der Waals surface area contributed by atoms with E-state index in [1.54, 1.807) is 33.7 Å². The first-order chi connectivity index (χ1) is 17.2. The summed E-state index contributed by atoms with van der Waals surface area (Å²) in [7, 11) is 4.76. The average molecular weight is 476 g/mol. The molecule has 5 rings (SSSR count). The molecule has 0 saturated heterocycles. The zero-order chi connectivity index (χ0) is 24.2. The van der Waals surface area contributed by atoms with Gasteiger partial charge in [0.2, 0.25) is 11.7 Å². The van der Waals surface area contributed by atoms with Crippen molar-refractivity contribution in [1.29, 1.82) is 0 Å². The van der Waals surface area contributed by atoms with Crippen LogP contribution in [0.25, 0.3) is 11.2 Å². The summed E-state index contributed by atoms with van der Waals surface area (Å²) >= 11 is 0. The molecule has 0 bridgehead atoms. The Balaban J connectivity index is 1.59. The number of hydrogen-bond acceptors (Lipinski definition) is 9. The van der Waals surface area contributed by atoms with Gasteiger partial charge >= 0.3 is 0 Å². The van der Waals surface area contributed by atoms with Crippen molar-refractivity contribution in [3.05, 3.63) is 43.0 Å². The predicted molar refractivity (Wildman–Crippen MR) is 134 cm³/mol. The number of pyridine rings is 1. The van der Waals surface area contributed by atoms with Crippen LogP contribution in [-0.2, 0) is 0 Å². The minimum Gasteiger partial charge on any atom is -0.493 e. The standard InChI is InChI=1S/C25H29N7O3/c1-33-19-13-17(14-20(34-2)22(19)35-3)28-23-21-24(32(15-27-21)18-7-5-4-6-8-18)31-25(30-23)29-16-9-11-26-12-10-16/h9-15,18H,4-8H2,1-3H3,(H2,26,28,29,30,31). The van der Waals surface area contributed by atoms with Gasteiger partial charge < -0.3 is 29.4 Å². The van der Waals surface area contributed by atoms with Gasteiger partial charge in [0, 0.05) is 41.9 Å². The molecule has 0 unspecified atom stereocenters. The molecule has 0 amide bonds. The summed E-state index contributed by atoms with van der Waals surface area (Å²) in [6.07, 6.45) is 11.3. The van der Waals surface area contributed by atoms with E-state index in [1.165, 1.54) is 19.3 Å². The zero-order valence-corrected chi connectivity index (χ0v) is 20.1. The van der Waals surface area contributed by atoms with Gasteiger partial charge in [0.1, 0.15) is 0 Å². The first-order valence-electron chi connectivity index (χ1n) is 11.7. The number of hydrogen-bond donors (Lipinski definition) is 2. The van der Waals surface area contributed by atoms with Crippen LogP contribution in [0.4, 0.5) is 23.1 Å². The molecule has 0 spiro atoms. The number of aromatic nitrogens is 5. The molecule has 1 saturated carbocycles. The highest BCUT2D eigenvalue weighted by Gasteiger charge is 2.22. The Morgan fingerprint density at radius 1 is 0.857 bits per heavy atom. The maximum absolute atomic E-state index is 5.51. The Morgan fingerprint density at radius 2 is 1.57 bits per heavy atom. The molecular weight excluding hydrogens is 446 g/mol. The minimum atomic E-state index is 0.381. The molecule has 1 fully saturated rings. The number of anilines is 4. The highest BCUT2D eigenvalue weighted by atomic mass is 16.5. The van der Waals surface area contributed by atoms with Crippen molar-refractivity contribution in [2.24, 2.45) is 0 Å². The maximum Gasteiger partial charge on any atom is 0.231 e. The van der Waals surface area contributed by atoms with Gasteiger partial charge in [-0.1, -0.05) is 19.3 Å². The van der Waals surface area contributed by atoms with E-state index in [0.717, 1.165) is 29.9 Å². The predicted octanol–water partition coefficient (Wildman–Crippen LogP) is 5.24. The molecule has 10 nitrogen and oxygen atoms in total. The van der Waals surface area contributed by atoms with Gasteiger partial charge in [0.25, 0.3) is 0 Å². The Bertz CT molecular complexity index is 1280. The minimum absolute atomic E-state index is 0.381. The van der Waals surface area contributed by atoms with E-state index in [1.807, 2.05) is 30.6 Å². The van der Waals surface area contributed by atoms with E-state index in [2.05, 4.69) is 20.2 Å². The summed E-state index contributed by atoms with van der Waals surface area (Å²) < 4.78 is 18.7. The largest absolute Gasteiger partial charge is 0.493 e. The summed E-state index contributed by atoms with van der Waals surface area (Å²) in [5, 5.41) is 6.69. The summed E-state index contributed by atoms with van der Waals surface area (Å²) in [5.74, 6) is 2.66. The van der Waals surface area contributed by atoms with Crippen molar-refractivity contribution in [2.75, 3.05) is 32.0 Å². The van der Waals surface area contributed by atoms with Crippen LogP contribution in [-0.4, -0.2) is 45.8 Å². The van der Waals surface area contributed by atoms with Crippen LogP contribution in [0.15, 0.2) is 43.0 Å². The molecule has 1 aromatic carbocycles. The molecule has 0 atom stereocenters. The first-order valence-corrected chi connectivity index (χ1v) is 11.7. The average Bonchev–Trinajstić information content (AvgIpc) is 3.33. The number of imidazole rings is 1. The van der Waals surface area contributed by atoms with Gasteiger partial charge in [-0.05, 0) is 25.0 Å². The highest BCUT2D eigenvalue weighted by molar-refractivity contribution is 5.87. The van der Waals surface area contributed by atoms with E-state index in [0.29, 0.717) is 40.6 Å². The number of methoxy groups -OCH3 is 3. The van der Waals surface area contributed by atoms with E-state index < -0.39 is 0 Å². The van der Waals surface area contributed by atoms with Gasteiger partial charge in [-0.3, -0.25) is 4.98 Å². The van der Waals surface area contributed by atoms with E-state index in [4.69, 9.17) is 29.2 Å². The Morgan fingerprint density at radius 3 is 2.23 bits per heavy atom. The molecule has 4 aromatic rings. The van der Waals surface area contributed by atoms with Crippen molar-refractivity contribution in [2.45, 2.75) is 38.1 Å². The molecule has 10 heteroatoms. The van der Waals surface area contributed by atoms with E-state index >= 15 is 0 Å². The molecular formula is C25H29N7O3. The molecule has 3 aromatic heterocycles. The third-order valence-electron chi connectivity index (χ3n) is 6.25. The van der Waals surface area contributed by atoms with Crippen molar-refractivity contribution in [3.63, 3.8) is 0 Å². The highest BCUT2D eigenvalue weighted by Crippen LogP contribution is 2.41. The fourth-order valence-electron chi connectivity index (χ4n) is 4.54. The topological polar surface area (TPSA) is 108 Å². The van der Waals surface area contributed by atoms with Crippen molar-refractivity contribution < 1.29 is 14.2 Å². The smallest absolute Gasteiger partial charge is 0.231 e. The van der Waals surface area contributed by atoms with Crippen LogP contribution in [0, 0.1) is 0 Å². The molecule has 3 heterocycles. The summed E-state index contributed by atoms with van der Waals surface area (Å²) in [4.78, 5) is 18.4. The van der Waals surface area contributed by atoms with Crippen molar-refractivity contribution >= 4 is 34.3 Å². The SMILES string of the molecule is COc1cc(Nc2nc(Nc3ccncc3)nc3c2ncn3C2CCCCC2)cc(OC)c1OC. The monoisotopic (exact) mass is 475 g/mol. The van der Waals surface area contributed by atoms with Crippen LogP contribution in [0.3, 0.4) is 0 Å². The fraction of sp³-hybridized carbons (Fsp3) is 0.360. The number of ether oxygens (including phenoxy) is 3. The summed E-state index contributed by atoms with van der Waals surface area (Å²) in [5.41, 5.74) is 3.06. The molecule has 1 aliphatic carbocycles. The number of fused-ring (bicyclic) bond motifs is 1. The Labute approximate surface area is 203 Å². The maximum atomic E-state index is 5.51. The lowest BCUT2D eigenvalue weighted by atomic mass is 9.95. The number of nitrogens with zero attached hydrogens (tertiary/aromatic N) is 5. The van der Waals surface area contributed by atoms with Crippen molar-refractivity contribution in [1.82, 2.24) is 24.5 Å². The normalized spacial score (nSPS) is 14.0. The fourth-order valence-corrected chi connectivity index (χ4v) is 4.54. The van der Waals surface area contributed by atoms with E-state index in [9.17, 15) is 0 Å². The third kappa shape index (κ3) is 4.64. The van der Waals surface area contributed by atoms with Crippen LogP contribution in [0.5, 0.6) is 17.2 Å². The molecule has 2 N–H and O–H groups in total. The zero-order valence-electron chi connectivity index (χ0n) is 20.1. The second-order valence-electron chi connectivity index (χ2n) is 8.41. The number of benzene rings is 1. The molecule has 0 radical (unpaired) electrons. The van der Waals surface area contributed by atoms with Crippen LogP contribution >= 0.6 is 0 Å². The molecule has 35 heavy (non-hydrogen) atoms. The van der Waals surface area contributed by atoms with E-state index in [-0.39, 0.29) is 0 Å².